The molecule has 0 atom stereocenters. The molecule has 0 saturated carbocycles. The zero-order chi connectivity index (χ0) is 20.0. The summed E-state index contributed by atoms with van der Waals surface area (Å²) in [6.45, 7) is 3.95. The Hall–Kier alpha value is -2.66. The van der Waals surface area contributed by atoms with Gasteiger partial charge in [0, 0.05) is 17.9 Å². The number of nitrogens with one attached hydrogen (secondary N) is 4. The summed E-state index contributed by atoms with van der Waals surface area (Å²) >= 11 is 0.790. The summed E-state index contributed by atoms with van der Waals surface area (Å²) in [6, 6.07) is 4.53. The van der Waals surface area contributed by atoms with Gasteiger partial charge in [0.15, 0.2) is 0 Å². The lowest BCUT2D eigenvalue weighted by molar-refractivity contribution is 0.102. The van der Waals surface area contributed by atoms with Gasteiger partial charge in [0.05, 0.1) is 4.90 Å². The van der Waals surface area contributed by atoms with Gasteiger partial charge in [-0.1, -0.05) is 24.7 Å². The third kappa shape index (κ3) is 5.66. The Morgan fingerprint density at radius 1 is 1.19 bits per heavy atom. The lowest BCUT2D eigenvalue weighted by Crippen LogP contribution is -2.39. The molecule has 3 amide bonds. The van der Waals surface area contributed by atoms with Crippen LogP contribution in [-0.2, 0) is 10.0 Å². The number of unbranched alkanes of at least 4 members (excludes halogenated alkanes) is 1. The zero-order valence-corrected chi connectivity index (χ0v) is 16.4. The normalized spacial score (nSPS) is 11.0. The number of H-pyrrole nitrogens is 1. The van der Waals surface area contributed by atoms with Crippen LogP contribution in [0.2, 0.25) is 0 Å². The van der Waals surface area contributed by atoms with Crippen molar-refractivity contribution in [2.24, 2.45) is 0 Å². The van der Waals surface area contributed by atoms with Gasteiger partial charge in [-0.3, -0.25) is 9.59 Å². The average Bonchev–Trinajstić information content (AvgIpc) is 2.93. The molecule has 2 aromatic rings. The number of aryl methyl sites for hydroxylation is 1. The van der Waals surface area contributed by atoms with Crippen molar-refractivity contribution in [1.29, 1.82) is 0 Å². The highest BCUT2D eigenvalue weighted by Crippen LogP contribution is 2.16. The van der Waals surface area contributed by atoms with Gasteiger partial charge in [-0.05, 0) is 37.6 Å². The maximum absolute atomic E-state index is 12.2. The third-order valence-corrected chi connectivity index (χ3v) is 5.83. The molecule has 0 saturated heterocycles. The van der Waals surface area contributed by atoms with Gasteiger partial charge in [0.1, 0.15) is 4.88 Å². The Bertz CT molecular complexity index is 977. The number of sulfonamides is 1. The monoisotopic (exact) mass is 412 g/mol. The van der Waals surface area contributed by atoms with E-state index in [0.717, 1.165) is 24.2 Å². The second-order valence-electron chi connectivity index (χ2n) is 5.66. The molecule has 0 bridgehead atoms. The lowest BCUT2D eigenvalue weighted by atomic mass is 10.3. The SMILES string of the molecule is CCCCNC(=O)NS(=O)(=O)c1ccc(NC(=O)c2sc(=O)[nH]c2C)cc1. The van der Waals surface area contributed by atoms with E-state index in [9.17, 15) is 22.8 Å². The van der Waals surface area contributed by atoms with Crippen molar-refractivity contribution in [2.75, 3.05) is 11.9 Å². The van der Waals surface area contributed by atoms with Crippen LogP contribution in [0.25, 0.3) is 0 Å². The predicted octanol–water partition coefficient (Wildman–Crippen LogP) is 1.79. The van der Waals surface area contributed by atoms with Gasteiger partial charge in [0.2, 0.25) is 0 Å². The molecule has 146 valence electrons. The Morgan fingerprint density at radius 3 is 2.41 bits per heavy atom. The maximum Gasteiger partial charge on any atom is 0.328 e. The Balaban J connectivity index is 2.03. The first-order chi connectivity index (χ1) is 12.7. The fourth-order valence-corrected chi connectivity index (χ4v) is 3.79. The molecule has 0 unspecified atom stereocenters. The topological polar surface area (TPSA) is 137 Å². The lowest BCUT2D eigenvalue weighted by Gasteiger charge is -2.09. The van der Waals surface area contributed by atoms with Crippen LogP contribution in [0.4, 0.5) is 10.5 Å². The molecular weight excluding hydrogens is 392 g/mol. The number of thiazole rings is 1. The second-order valence-corrected chi connectivity index (χ2v) is 8.33. The summed E-state index contributed by atoms with van der Waals surface area (Å²) in [4.78, 5) is 37.4. The van der Waals surface area contributed by atoms with Crippen LogP contribution in [0, 0.1) is 6.92 Å². The fraction of sp³-hybridized carbons (Fsp3) is 0.312. The molecule has 0 radical (unpaired) electrons. The average molecular weight is 412 g/mol. The Morgan fingerprint density at radius 2 is 1.85 bits per heavy atom. The minimum atomic E-state index is -4.02. The van der Waals surface area contributed by atoms with Gasteiger partial charge in [-0.2, -0.15) is 0 Å². The number of hydrogen-bond acceptors (Lipinski definition) is 6. The minimum absolute atomic E-state index is 0.117. The van der Waals surface area contributed by atoms with Gasteiger partial charge < -0.3 is 15.6 Å². The van der Waals surface area contributed by atoms with Crippen molar-refractivity contribution < 1.29 is 18.0 Å². The number of urea groups is 1. The van der Waals surface area contributed by atoms with E-state index in [0.29, 0.717) is 17.9 Å². The second kappa shape index (κ2) is 8.82. The van der Waals surface area contributed by atoms with Crippen LogP contribution in [0.1, 0.15) is 35.1 Å². The number of aromatic amines is 1. The van der Waals surface area contributed by atoms with Gasteiger partial charge >= 0.3 is 10.9 Å². The number of aromatic nitrogens is 1. The predicted molar refractivity (Wildman–Crippen MR) is 103 cm³/mol. The van der Waals surface area contributed by atoms with E-state index in [2.05, 4.69) is 15.6 Å². The quantitative estimate of drug-likeness (QED) is 0.514. The van der Waals surface area contributed by atoms with Crippen molar-refractivity contribution in [2.45, 2.75) is 31.6 Å². The van der Waals surface area contributed by atoms with E-state index in [1.54, 1.807) is 6.92 Å². The molecule has 0 spiro atoms. The van der Waals surface area contributed by atoms with Gasteiger partial charge in [0.25, 0.3) is 15.9 Å². The van der Waals surface area contributed by atoms with Gasteiger partial charge in [-0.15, -0.1) is 0 Å². The number of hydrogen-bond donors (Lipinski definition) is 4. The third-order valence-electron chi connectivity index (χ3n) is 3.50. The summed E-state index contributed by atoms with van der Waals surface area (Å²) in [7, 11) is -4.02. The molecule has 0 aliphatic carbocycles. The van der Waals surface area contributed by atoms with Crippen LogP contribution in [0.3, 0.4) is 0 Å². The first-order valence-electron chi connectivity index (χ1n) is 8.14. The molecule has 0 aliphatic heterocycles. The van der Waals surface area contributed by atoms with Crippen molar-refractivity contribution in [3.05, 3.63) is 44.5 Å². The van der Waals surface area contributed by atoms with E-state index in [4.69, 9.17) is 0 Å². The molecule has 11 heteroatoms. The number of rotatable bonds is 7. The van der Waals surface area contributed by atoms with E-state index in [1.165, 1.54) is 24.3 Å². The van der Waals surface area contributed by atoms with Crippen LogP contribution in [0.5, 0.6) is 0 Å². The molecule has 0 aliphatic rings. The number of carbonyl (C=O) groups excluding carboxylic acids is 2. The minimum Gasteiger partial charge on any atom is -0.337 e. The first kappa shape index (κ1) is 20.6. The molecule has 1 aromatic heterocycles. The first-order valence-corrected chi connectivity index (χ1v) is 10.4. The molecule has 2 rings (SSSR count). The summed E-state index contributed by atoms with van der Waals surface area (Å²) in [6.07, 6.45) is 1.62. The highest BCUT2D eigenvalue weighted by Gasteiger charge is 2.18. The summed E-state index contributed by atoms with van der Waals surface area (Å²) in [5.74, 6) is -0.472. The molecule has 4 N–H and O–H groups in total. The van der Waals surface area contributed by atoms with Crippen LogP contribution in [0.15, 0.2) is 34.0 Å². The van der Waals surface area contributed by atoms with E-state index >= 15 is 0 Å². The van der Waals surface area contributed by atoms with Crippen LogP contribution in [-0.4, -0.2) is 31.9 Å². The summed E-state index contributed by atoms with van der Waals surface area (Å²) in [5, 5.41) is 5.04. The number of anilines is 1. The van der Waals surface area contributed by atoms with E-state index in [1.807, 2.05) is 11.6 Å². The highest BCUT2D eigenvalue weighted by atomic mass is 32.2. The van der Waals surface area contributed by atoms with Gasteiger partial charge in [-0.25, -0.2) is 17.9 Å². The Labute approximate surface area is 160 Å². The number of carbonyl (C=O) groups is 2. The van der Waals surface area contributed by atoms with Crippen LogP contribution < -0.4 is 20.2 Å². The summed E-state index contributed by atoms with van der Waals surface area (Å²) in [5.41, 5.74) is 0.812. The standard InChI is InChI=1S/C16H20N4O5S2/c1-3-4-9-17-15(22)20-27(24,25)12-7-5-11(6-8-12)19-14(21)13-10(2)18-16(23)26-13/h5-8H,3-4,9H2,1-2H3,(H,18,23)(H,19,21)(H2,17,20,22). The van der Waals surface area contributed by atoms with Crippen molar-refractivity contribution >= 4 is 39.0 Å². The molecule has 1 heterocycles. The molecular formula is C16H20N4O5S2. The smallest absolute Gasteiger partial charge is 0.328 e. The molecule has 1 aromatic carbocycles. The van der Waals surface area contributed by atoms with E-state index < -0.39 is 22.0 Å². The molecule has 0 fully saturated rings. The van der Waals surface area contributed by atoms with Crippen LogP contribution >= 0.6 is 11.3 Å². The fourth-order valence-electron chi connectivity index (χ4n) is 2.12. The molecule has 9 nitrogen and oxygen atoms in total. The number of benzene rings is 1. The zero-order valence-electron chi connectivity index (χ0n) is 14.8. The van der Waals surface area contributed by atoms with Crippen molar-refractivity contribution in [1.82, 2.24) is 15.0 Å². The number of amides is 3. The molecule has 27 heavy (non-hydrogen) atoms. The van der Waals surface area contributed by atoms with E-state index in [-0.39, 0.29) is 14.6 Å². The maximum atomic E-state index is 12.2. The Kier molecular flexibility index (Phi) is 6.75. The highest BCUT2D eigenvalue weighted by molar-refractivity contribution is 7.90. The van der Waals surface area contributed by atoms with Crippen molar-refractivity contribution in [3.8, 4) is 0 Å². The van der Waals surface area contributed by atoms with Crippen molar-refractivity contribution in [3.63, 3.8) is 0 Å². The summed E-state index contributed by atoms with van der Waals surface area (Å²) < 4.78 is 26.3. The largest absolute Gasteiger partial charge is 0.337 e.